The normalized spacial score (nSPS) is 24.1. The lowest BCUT2D eigenvalue weighted by Gasteiger charge is -2.38. The van der Waals surface area contributed by atoms with E-state index in [2.05, 4.69) is 12.6 Å². The lowest BCUT2D eigenvalue weighted by Crippen LogP contribution is -2.49. The molecular formula is C12H23NO2S. The molecule has 0 aromatic carbocycles. The summed E-state index contributed by atoms with van der Waals surface area (Å²) in [4.78, 5) is 13.8. The minimum Gasteiger partial charge on any atom is -0.444 e. The quantitative estimate of drug-likeness (QED) is 0.719. The molecule has 1 saturated heterocycles. The average molecular weight is 245 g/mol. The third-order valence-electron chi connectivity index (χ3n) is 2.73. The Hall–Kier alpha value is -0.380. The second kappa shape index (κ2) is 5.30. The molecule has 0 aromatic heterocycles. The van der Waals surface area contributed by atoms with Crippen LogP contribution in [0, 0.1) is 0 Å². The average Bonchev–Trinajstić information content (AvgIpc) is 2.15. The molecule has 3 nitrogen and oxygen atoms in total. The summed E-state index contributed by atoms with van der Waals surface area (Å²) in [5.41, 5.74) is -0.418. The predicted molar refractivity (Wildman–Crippen MR) is 69.0 cm³/mol. The van der Waals surface area contributed by atoms with E-state index in [1.807, 2.05) is 32.6 Å². The summed E-state index contributed by atoms with van der Waals surface area (Å²) in [6.45, 7) is 8.52. The van der Waals surface area contributed by atoms with Crippen LogP contribution >= 0.6 is 12.6 Å². The highest BCUT2D eigenvalue weighted by Crippen LogP contribution is 2.24. The molecule has 1 aliphatic heterocycles. The molecule has 0 aromatic rings. The van der Waals surface area contributed by atoms with Gasteiger partial charge in [-0.05, 0) is 40.0 Å². The largest absolute Gasteiger partial charge is 0.444 e. The van der Waals surface area contributed by atoms with Crippen LogP contribution in [0.15, 0.2) is 0 Å². The fraction of sp³-hybridized carbons (Fsp3) is 0.917. The van der Waals surface area contributed by atoms with Crippen LogP contribution in [0.2, 0.25) is 0 Å². The van der Waals surface area contributed by atoms with Gasteiger partial charge in [0.2, 0.25) is 0 Å². The Balaban J connectivity index is 2.64. The number of hydrogen-bond donors (Lipinski definition) is 1. The molecule has 0 bridgehead atoms. The first-order valence-corrected chi connectivity index (χ1v) is 6.50. The van der Waals surface area contributed by atoms with Gasteiger partial charge in [0.1, 0.15) is 5.60 Å². The zero-order valence-electron chi connectivity index (χ0n) is 10.7. The van der Waals surface area contributed by atoms with Crippen LogP contribution in [0.4, 0.5) is 4.79 Å². The van der Waals surface area contributed by atoms with Crippen molar-refractivity contribution in [2.75, 3.05) is 6.54 Å². The van der Waals surface area contributed by atoms with Gasteiger partial charge in [-0.25, -0.2) is 4.79 Å². The molecule has 94 valence electrons. The number of carbonyl (C=O) groups excluding carboxylic acids is 1. The highest BCUT2D eigenvalue weighted by atomic mass is 32.1. The SMILES string of the molecule is C[C@@H](S)[C@@H]1CCCCN1C(=O)OC(C)(C)C. The number of piperidine rings is 1. The van der Waals surface area contributed by atoms with Gasteiger partial charge in [0.15, 0.2) is 0 Å². The minimum atomic E-state index is -0.418. The maximum Gasteiger partial charge on any atom is 0.410 e. The maximum absolute atomic E-state index is 12.0. The van der Waals surface area contributed by atoms with Crippen LogP contribution in [0.25, 0.3) is 0 Å². The van der Waals surface area contributed by atoms with Gasteiger partial charge >= 0.3 is 6.09 Å². The zero-order chi connectivity index (χ0) is 12.3. The molecule has 1 amide bonds. The van der Waals surface area contributed by atoms with Crippen molar-refractivity contribution in [1.82, 2.24) is 4.90 Å². The van der Waals surface area contributed by atoms with Gasteiger partial charge in [-0.3, -0.25) is 0 Å². The smallest absolute Gasteiger partial charge is 0.410 e. The molecule has 0 radical (unpaired) electrons. The highest BCUT2D eigenvalue weighted by Gasteiger charge is 2.32. The summed E-state index contributed by atoms with van der Waals surface area (Å²) in [6.07, 6.45) is 3.08. The van der Waals surface area contributed by atoms with E-state index >= 15 is 0 Å². The van der Waals surface area contributed by atoms with Crippen molar-refractivity contribution in [2.24, 2.45) is 0 Å². The topological polar surface area (TPSA) is 29.5 Å². The van der Waals surface area contributed by atoms with Gasteiger partial charge in [-0.2, -0.15) is 12.6 Å². The van der Waals surface area contributed by atoms with E-state index in [0.717, 1.165) is 19.4 Å². The summed E-state index contributed by atoms with van der Waals surface area (Å²) in [5, 5.41) is 0.202. The monoisotopic (exact) mass is 245 g/mol. The van der Waals surface area contributed by atoms with Crippen molar-refractivity contribution < 1.29 is 9.53 Å². The third kappa shape index (κ3) is 3.89. The molecule has 1 aliphatic rings. The molecule has 0 unspecified atom stereocenters. The summed E-state index contributed by atoms with van der Waals surface area (Å²) in [5.74, 6) is 0. The van der Waals surface area contributed by atoms with Crippen molar-refractivity contribution in [3.63, 3.8) is 0 Å². The first-order chi connectivity index (χ1) is 7.31. The molecule has 1 fully saturated rings. The summed E-state index contributed by atoms with van der Waals surface area (Å²) >= 11 is 4.46. The molecule has 16 heavy (non-hydrogen) atoms. The fourth-order valence-corrected chi connectivity index (χ4v) is 2.32. The Labute approximate surface area is 104 Å². The number of rotatable bonds is 1. The molecule has 1 rings (SSSR count). The Bertz CT molecular complexity index is 248. The van der Waals surface area contributed by atoms with Gasteiger partial charge in [-0.15, -0.1) is 0 Å². The van der Waals surface area contributed by atoms with Gasteiger partial charge in [-0.1, -0.05) is 6.92 Å². The Kier molecular flexibility index (Phi) is 4.53. The Morgan fingerprint density at radius 3 is 2.56 bits per heavy atom. The Morgan fingerprint density at radius 1 is 1.44 bits per heavy atom. The first-order valence-electron chi connectivity index (χ1n) is 5.99. The molecule has 0 spiro atoms. The van der Waals surface area contributed by atoms with Gasteiger partial charge in [0.05, 0.1) is 0 Å². The number of hydrogen-bond acceptors (Lipinski definition) is 3. The molecule has 0 saturated carbocycles. The maximum atomic E-state index is 12.0. The number of amides is 1. The zero-order valence-corrected chi connectivity index (χ0v) is 11.6. The first kappa shape index (κ1) is 13.7. The van der Waals surface area contributed by atoms with E-state index in [9.17, 15) is 4.79 Å². The van der Waals surface area contributed by atoms with Crippen LogP contribution in [0.3, 0.4) is 0 Å². The van der Waals surface area contributed by atoms with E-state index in [1.165, 1.54) is 6.42 Å². The van der Waals surface area contributed by atoms with E-state index < -0.39 is 5.60 Å². The number of thiol groups is 1. The number of ether oxygens (including phenoxy) is 1. The molecule has 0 N–H and O–H groups in total. The van der Waals surface area contributed by atoms with Crippen LogP contribution in [0.5, 0.6) is 0 Å². The number of likely N-dealkylation sites (tertiary alicyclic amines) is 1. The second-order valence-corrected chi connectivity index (χ2v) is 6.29. The fourth-order valence-electron chi connectivity index (χ4n) is 2.01. The summed E-state index contributed by atoms with van der Waals surface area (Å²) in [6, 6.07) is 0.215. The van der Waals surface area contributed by atoms with Gasteiger partial charge in [0.25, 0.3) is 0 Å². The van der Waals surface area contributed by atoms with Crippen LogP contribution < -0.4 is 0 Å². The van der Waals surface area contributed by atoms with Gasteiger partial charge in [0, 0.05) is 17.8 Å². The van der Waals surface area contributed by atoms with Crippen molar-refractivity contribution in [3.05, 3.63) is 0 Å². The van der Waals surface area contributed by atoms with Crippen LogP contribution in [-0.4, -0.2) is 34.4 Å². The standard InChI is InChI=1S/C12H23NO2S/c1-9(16)10-7-5-6-8-13(10)11(14)15-12(2,3)4/h9-10,16H,5-8H2,1-4H3/t9-,10+/m1/s1. The predicted octanol–water partition coefficient (Wildman–Crippen LogP) is 3.09. The molecule has 2 atom stereocenters. The van der Waals surface area contributed by atoms with Crippen LogP contribution in [-0.2, 0) is 4.74 Å². The van der Waals surface area contributed by atoms with Crippen LogP contribution in [0.1, 0.15) is 47.0 Å². The Morgan fingerprint density at radius 2 is 2.06 bits per heavy atom. The van der Waals surface area contributed by atoms with Crippen molar-refractivity contribution in [2.45, 2.75) is 63.9 Å². The van der Waals surface area contributed by atoms with E-state index in [4.69, 9.17) is 4.74 Å². The minimum absolute atomic E-state index is 0.196. The molecule has 0 aliphatic carbocycles. The second-order valence-electron chi connectivity index (χ2n) is 5.48. The van der Waals surface area contributed by atoms with E-state index in [1.54, 1.807) is 0 Å². The van der Waals surface area contributed by atoms with Crippen molar-refractivity contribution in [3.8, 4) is 0 Å². The third-order valence-corrected chi connectivity index (χ3v) is 3.08. The number of carbonyl (C=O) groups is 1. The molecule has 1 heterocycles. The number of nitrogens with zero attached hydrogens (tertiary/aromatic N) is 1. The van der Waals surface area contributed by atoms with E-state index in [-0.39, 0.29) is 17.4 Å². The highest BCUT2D eigenvalue weighted by molar-refractivity contribution is 7.81. The summed E-state index contributed by atoms with van der Waals surface area (Å²) < 4.78 is 5.41. The van der Waals surface area contributed by atoms with Gasteiger partial charge < -0.3 is 9.64 Å². The van der Waals surface area contributed by atoms with Crippen molar-refractivity contribution >= 4 is 18.7 Å². The summed E-state index contributed by atoms with van der Waals surface area (Å²) in [7, 11) is 0. The lowest BCUT2D eigenvalue weighted by molar-refractivity contribution is 0.0102. The van der Waals surface area contributed by atoms with Crippen molar-refractivity contribution in [1.29, 1.82) is 0 Å². The van der Waals surface area contributed by atoms with E-state index in [0.29, 0.717) is 0 Å². The lowest BCUT2D eigenvalue weighted by atomic mass is 10.0. The molecule has 4 heteroatoms. The molecular weight excluding hydrogens is 222 g/mol.